The second-order valence-corrected chi connectivity index (χ2v) is 4.03. The van der Waals surface area contributed by atoms with Crippen LogP contribution in [-0.4, -0.2) is 30.2 Å². The number of carbonyl (C=O) groups excluding carboxylic acids is 1. The minimum Gasteiger partial charge on any atom is -0.493 e. The van der Waals surface area contributed by atoms with Crippen molar-refractivity contribution >= 4 is 11.9 Å². The van der Waals surface area contributed by atoms with Crippen molar-refractivity contribution in [3.8, 4) is 5.75 Å². The Morgan fingerprint density at radius 1 is 1.26 bits per heavy atom. The molecule has 0 aromatic heterocycles. The minimum absolute atomic E-state index is 0.0907. The van der Waals surface area contributed by atoms with Crippen LogP contribution in [-0.2, 0) is 14.4 Å². The van der Waals surface area contributed by atoms with Crippen LogP contribution in [0.15, 0.2) is 18.2 Å². The maximum atomic E-state index is 11.3. The number of para-hydroxylation sites is 1. The maximum Gasteiger partial charge on any atom is 0.332 e. The summed E-state index contributed by atoms with van der Waals surface area (Å²) in [5.41, 5.74) is 4.03. The number of carboxylic acid groups (broad SMARTS) is 1. The third-order valence-corrected chi connectivity index (χ3v) is 2.37. The topological polar surface area (TPSA) is 84.9 Å². The summed E-state index contributed by atoms with van der Waals surface area (Å²) >= 11 is 0. The average Bonchev–Trinajstić information content (AvgIpc) is 2.32. The highest BCUT2D eigenvalue weighted by Crippen LogP contribution is 2.22. The number of benzene rings is 1. The van der Waals surface area contributed by atoms with Gasteiger partial charge in [0.2, 0.25) is 5.91 Å². The molecule has 0 saturated heterocycles. The van der Waals surface area contributed by atoms with Gasteiger partial charge in [-0.05, 0) is 25.0 Å². The van der Waals surface area contributed by atoms with E-state index in [0.717, 1.165) is 16.9 Å². The fourth-order valence-electron chi connectivity index (χ4n) is 1.50. The highest BCUT2D eigenvalue weighted by Gasteiger charge is 2.06. The number of ether oxygens (including phenoxy) is 1. The van der Waals surface area contributed by atoms with Gasteiger partial charge in [-0.15, -0.1) is 0 Å². The fraction of sp³-hybridized carbons (Fsp3) is 0.385. The first kappa shape index (κ1) is 15.0. The lowest BCUT2D eigenvalue weighted by Gasteiger charge is -2.11. The summed E-state index contributed by atoms with van der Waals surface area (Å²) in [6.45, 7) is 3.49. The summed E-state index contributed by atoms with van der Waals surface area (Å²) in [5, 5.41) is 8.31. The van der Waals surface area contributed by atoms with Crippen molar-refractivity contribution < 1.29 is 24.3 Å². The Morgan fingerprint density at radius 3 is 2.47 bits per heavy atom. The van der Waals surface area contributed by atoms with Crippen molar-refractivity contribution in [2.45, 2.75) is 20.3 Å². The lowest BCUT2D eigenvalue weighted by atomic mass is 10.1. The highest BCUT2D eigenvalue weighted by atomic mass is 16.7. The maximum absolute atomic E-state index is 11.3. The van der Waals surface area contributed by atoms with Gasteiger partial charge in [-0.2, -0.15) is 0 Å². The van der Waals surface area contributed by atoms with Crippen molar-refractivity contribution in [2.75, 3.05) is 13.2 Å². The van der Waals surface area contributed by atoms with E-state index in [9.17, 15) is 9.59 Å². The summed E-state index contributed by atoms with van der Waals surface area (Å²) < 4.78 is 5.53. The normalized spacial score (nSPS) is 10.0. The molecule has 6 nitrogen and oxygen atoms in total. The zero-order valence-corrected chi connectivity index (χ0v) is 10.9. The number of amides is 1. The van der Waals surface area contributed by atoms with Gasteiger partial charge in [-0.3, -0.25) is 9.63 Å². The monoisotopic (exact) mass is 267 g/mol. The molecular formula is C13H17NO5. The first-order valence-corrected chi connectivity index (χ1v) is 5.82. The van der Waals surface area contributed by atoms with E-state index in [0.29, 0.717) is 0 Å². The lowest BCUT2D eigenvalue weighted by Crippen LogP contribution is -2.27. The van der Waals surface area contributed by atoms with Crippen LogP contribution < -0.4 is 10.2 Å². The number of rotatable bonds is 7. The molecule has 0 saturated carbocycles. The summed E-state index contributed by atoms with van der Waals surface area (Å²) in [4.78, 5) is 25.9. The van der Waals surface area contributed by atoms with Gasteiger partial charge in [0, 0.05) is 0 Å². The molecule has 104 valence electrons. The average molecular weight is 267 g/mol. The van der Waals surface area contributed by atoms with E-state index >= 15 is 0 Å². The molecule has 1 aromatic carbocycles. The lowest BCUT2D eigenvalue weighted by molar-refractivity contribution is -0.149. The van der Waals surface area contributed by atoms with Crippen molar-refractivity contribution in [1.82, 2.24) is 5.48 Å². The molecule has 0 bridgehead atoms. The van der Waals surface area contributed by atoms with E-state index in [-0.39, 0.29) is 13.0 Å². The Bertz CT molecular complexity index is 438. The summed E-state index contributed by atoms with van der Waals surface area (Å²) in [6.07, 6.45) is 0.0907. The largest absolute Gasteiger partial charge is 0.493 e. The van der Waals surface area contributed by atoms with Crippen molar-refractivity contribution in [3.05, 3.63) is 29.3 Å². The van der Waals surface area contributed by atoms with E-state index in [2.05, 4.69) is 4.84 Å². The Kier molecular flexibility index (Phi) is 5.81. The van der Waals surface area contributed by atoms with Gasteiger partial charge >= 0.3 is 5.97 Å². The standard InChI is InChI=1S/C13H17NO5/c1-9-4-3-5-10(2)13(9)18-7-6-11(15)14-19-8-12(16)17/h3-5H,6-8H2,1-2H3,(H,14,15)(H,16,17). The second-order valence-electron chi connectivity index (χ2n) is 4.03. The van der Waals surface area contributed by atoms with Gasteiger partial charge in [-0.25, -0.2) is 10.3 Å². The van der Waals surface area contributed by atoms with Crippen LogP contribution in [0.5, 0.6) is 5.75 Å². The van der Waals surface area contributed by atoms with Crippen LogP contribution in [0.4, 0.5) is 0 Å². The summed E-state index contributed by atoms with van der Waals surface area (Å²) in [6, 6.07) is 5.79. The van der Waals surface area contributed by atoms with Gasteiger partial charge < -0.3 is 9.84 Å². The molecule has 2 N–H and O–H groups in total. The van der Waals surface area contributed by atoms with Gasteiger partial charge in [-0.1, -0.05) is 18.2 Å². The Labute approximate surface area is 111 Å². The zero-order valence-electron chi connectivity index (χ0n) is 10.9. The van der Waals surface area contributed by atoms with Gasteiger partial charge in [0.05, 0.1) is 13.0 Å². The summed E-state index contributed by atoms with van der Waals surface area (Å²) in [5.74, 6) is -0.804. The Hall–Kier alpha value is -2.08. The number of aliphatic carboxylic acids is 1. The van der Waals surface area contributed by atoms with Crippen LogP contribution >= 0.6 is 0 Å². The van der Waals surface area contributed by atoms with Gasteiger partial charge in [0.15, 0.2) is 6.61 Å². The number of hydrogen-bond donors (Lipinski definition) is 2. The van der Waals surface area contributed by atoms with E-state index in [4.69, 9.17) is 9.84 Å². The number of carboxylic acids is 1. The third kappa shape index (κ3) is 5.39. The number of carbonyl (C=O) groups is 2. The van der Waals surface area contributed by atoms with Crippen LogP contribution in [0.1, 0.15) is 17.5 Å². The molecule has 6 heteroatoms. The van der Waals surface area contributed by atoms with Gasteiger partial charge in [0.25, 0.3) is 0 Å². The highest BCUT2D eigenvalue weighted by molar-refractivity contribution is 5.75. The molecule has 19 heavy (non-hydrogen) atoms. The van der Waals surface area contributed by atoms with Crippen LogP contribution in [0.25, 0.3) is 0 Å². The quantitative estimate of drug-likeness (QED) is 0.725. The number of nitrogens with one attached hydrogen (secondary N) is 1. The molecule has 0 unspecified atom stereocenters. The zero-order chi connectivity index (χ0) is 14.3. The van der Waals surface area contributed by atoms with E-state index in [1.165, 1.54) is 0 Å². The number of aryl methyl sites for hydroxylation is 2. The van der Waals surface area contributed by atoms with Crippen LogP contribution in [0.2, 0.25) is 0 Å². The number of hydrogen-bond acceptors (Lipinski definition) is 4. The molecule has 0 radical (unpaired) electrons. The molecule has 0 atom stereocenters. The molecule has 0 heterocycles. The Balaban J connectivity index is 2.30. The number of hydroxylamine groups is 1. The fourth-order valence-corrected chi connectivity index (χ4v) is 1.50. The summed E-state index contributed by atoms with van der Waals surface area (Å²) in [7, 11) is 0. The Morgan fingerprint density at radius 2 is 1.89 bits per heavy atom. The predicted molar refractivity (Wildman–Crippen MR) is 67.8 cm³/mol. The van der Waals surface area contributed by atoms with Gasteiger partial charge in [0.1, 0.15) is 5.75 Å². The van der Waals surface area contributed by atoms with Crippen molar-refractivity contribution in [1.29, 1.82) is 0 Å². The van der Waals surface area contributed by atoms with E-state index < -0.39 is 18.5 Å². The molecule has 1 rings (SSSR count). The van der Waals surface area contributed by atoms with Crippen molar-refractivity contribution in [2.24, 2.45) is 0 Å². The predicted octanol–water partition coefficient (Wildman–Crippen LogP) is 1.20. The van der Waals surface area contributed by atoms with E-state index in [1.807, 2.05) is 37.5 Å². The second kappa shape index (κ2) is 7.38. The molecule has 0 aliphatic heterocycles. The molecule has 1 amide bonds. The molecule has 1 aromatic rings. The molecule has 0 spiro atoms. The minimum atomic E-state index is -1.15. The van der Waals surface area contributed by atoms with Crippen LogP contribution in [0, 0.1) is 13.8 Å². The smallest absolute Gasteiger partial charge is 0.332 e. The van der Waals surface area contributed by atoms with E-state index in [1.54, 1.807) is 0 Å². The molecule has 0 fully saturated rings. The molecule has 0 aliphatic carbocycles. The SMILES string of the molecule is Cc1cccc(C)c1OCCC(=O)NOCC(=O)O. The third-order valence-electron chi connectivity index (χ3n) is 2.37. The molecule has 0 aliphatic rings. The first-order valence-electron chi connectivity index (χ1n) is 5.82. The van der Waals surface area contributed by atoms with Crippen LogP contribution in [0.3, 0.4) is 0 Å². The first-order chi connectivity index (χ1) is 9.00. The molecular weight excluding hydrogens is 250 g/mol. The van der Waals surface area contributed by atoms with Crippen molar-refractivity contribution in [3.63, 3.8) is 0 Å².